The van der Waals surface area contributed by atoms with Crippen LogP contribution >= 0.6 is 23.4 Å². The molecule has 0 aliphatic carbocycles. The zero-order valence-corrected chi connectivity index (χ0v) is 15.5. The molecule has 0 spiro atoms. The second kappa shape index (κ2) is 6.34. The lowest BCUT2D eigenvalue weighted by molar-refractivity contribution is -0.384. The van der Waals surface area contributed by atoms with Gasteiger partial charge in [0.1, 0.15) is 5.82 Å². The minimum Gasteiger partial charge on any atom is -0.310 e. The lowest BCUT2D eigenvalue weighted by Gasteiger charge is -2.23. The number of benzene rings is 1. The molecule has 7 nitrogen and oxygen atoms in total. The average Bonchev–Trinajstić information content (AvgIpc) is 2.85. The Bertz CT molecular complexity index is 860. The van der Waals surface area contributed by atoms with Gasteiger partial charge in [-0.25, -0.2) is 4.68 Å². The number of carbonyl (C=O) groups excluding carboxylic acids is 1. The number of thioether (sulfide) groups is 1. The highest BCUT2D eigenvalue weighted by Gasteiger charge is 2.32. The third-order valence-electron chi connectivity index (χ3n) is 3.83. The molecule has 1 N–H and O–H groups in total. The van der Waals surface area contributed by atoms with Gasteiger partial charge < -0.3 is 5.32 Å². The second-order valence-electron chi connectivity index (χ2n) is 6.73. The molecule has 0 saturated carbocycles. The Morgan fingerprint density at radius 1 is 1.40 bits per heavy atom. The lowest BCUT2D eigenvalue weighted by Crippen LogP contribution is -2.27. The highest BCUT2D eigenvalue weighted by molar-refractivity contribution is 8.00. The summed E-state index contributed by atoms with van der Waals surface area (Å²) in [5.74, 6) is 0.694. The minimum atomic E-state index is -0.454. The predicted molar refractivity (Wildman–Crippen MR) is 98.3 cm³/mol. The van der Waals surface area contributed by atoms with Crippen LogP contribution in [-0.4, -0.2) is 26.4 Å². The first-order valence-electron chi connectivity index (χ1n) is 7.62. The summed E-state index contributed by atoms with van der Waals surface area (Å²) in [7, 11) is 0. The molecule has 2 aromatic rings. The van der Waals surface area contributed by atoms with E-state index >= 15 is 0 Å². The van der Waals surface area contributed by atoms with Gasteiger partial charge in [-0.15, -0.1) is 11.8 Å². The molecule has 1 amide bonds. The van der Waals surface area contributed by atoms with E-state index in [0.29, 0.717) is 16.4 Å². The topological polar surface area (TPSA) is 90.1 Å². The van der Waals surface area contributed by atoms with E-state index in [1.807, 2.05) is 20.8 Å². The van der Waals surface area contributed by atoms with Crippen LogP contribution in [0.25, 0.3) is 0 Å². The number of non-ortho nitro benzene ring substituents is 1. The normalized spacial score (nSPS) is 17.6. The van der Waals surface area contributed by atoms with Gasteiger partial charge in [0, 0.05) is 22.7 Å². The number of hydrogen-bond acceptors (Lipinski definition) is 5. The van der Waals surface area contributed by atoms with Crippen molar-refractivity contribution >= 4 is 40.8 Å². The molecule has 0 saturated heterocycles. The molecule has 0 fully saturated rings. The summed E-state index contributed by atoms with van der Waals surface area (Å²) in [6.45, 7) is 5.96. The molecule has 9 heteroatoms. The van der Waals surface area contributed by atoms with Gasteiger partial charge in [0.15, 0.2) is 0 Å². The Hall–Kier alpha value is -2.06. The molecule has 25 heavy (non-hydrogen) atoms. The van der Waals surface area contributed by atoms with Crippen molar-refractivity contribution in [1.82, 2.24) is 9.78 Å². The largest absolute Gasteiger partial charge is 0.310 e. The lowest BCUT2D eigenvalue weighted by atomic mass is 10.0. The predicted octanol–water partition coefficient (Wildman–Crippen LogP) is 3.97. The Morgan fingerprint density at radius 3 is 2.76 bits per heavy atom. The molecule has 2 heterocycles. The zero-order chi connectivity index (χ0) is 18.4. The third-order valence-corrected chi connectivity index (χ3v) is 5.44. The van der Waals surface area contributed by atoms with E-state index in [-0.39, 0.29) is 28.1 Å². The van der Waals surface area contributed by atoms with E-state index in [9.17, 15) is 14.9 Å². The number of aromatic nitrogens is 2. The first-order valence-corrected chi connectivity index (χ1v) is 9.05. The number of rotatable bonds is 2. The molecule has 1 aromatic heterocycles. The first kappa shape index (κ1) is 17.8. The van der Waals surface area contributed by atoms with E-state index in [1.54, 1.807) is 10.9 Å². The van der Waals surface area contributed by atoms with Crippen LogP contribution in [0.3, 0.4) is 0 Å². The Balaban J connectivity index is 2.17. The van der Waals surface area contributed by atoms with Crippen molar-refractivity contribution in [2.45, 2.75) is 31.6 Å². The molecule has 0 bridgehead atoms. The SMILES string of the molecule is CC(C)(C)n1ncc2c1NC(=O)CS[C@H]2c1cc([N+](=O)[O-])ccc1Cl. The van der Waals surface area contributed by atoms with Crippen LogP contribution in [0.15, 0.2) is 24.4 Å². The van der Waals surface area contributed by atoms with Crippen molar-refractivity contribution in [3.05, 3.63) is 50.7 Å². The maximum atomic E-state index is 12.1. The van der Waals surface area contributed by atoms with Crippen LogP contribution < -0.4 is 5.32 Å². The maximum Gasteiger partial charge on any atom is 0.269 e. The van der Waals surface area contributed by atoms with E-state index < -0.39 is 4.92 Å². The number of fused-ring (bicyclic) bond motifs is 1. The fourth-order valence-electron chi connectivity index (χ4n) is 2.71. The van der Waals surface area contributed by atoms with Gasteiger partial charge in [0.2, 0.25) is 5.91 Å². The Labute approximate surface area is 153 Å². The number of nitro groups is 1. The molecular weight excluding hydrogens is 364 g/mol. The summed E-state index contributed by atoms with van der Waals surface area (Å²) in [4.78, 5) is 22.8. The minimum absolute atomic E-state index is 0.0340. The number of nitro benzene ring substituents is 1. The van der Waals surface area contributed by atoms with Crippen LogP contribution in [0.2, 0.25) is 5.02 Å². The Morgan fingerprint density at radius 2 is 2.12 bits per heavy atom. The molecule has 0 radical (unpaired) electrons. The molecule has 3 rings (SSSR count). The number of nitrogens with one attached hydrogen (secondary N) is 1. The standard InChI is InChI=1S/C16H17ClN4O3S/c1-16(2,3)20-15-11(7-18-20)14(25-8-13(22)19-15)10-6-9(21(23)24)4-5-12(10)17/h4-7,14H,8H2,1-3H3,(H,19,22)/t14-/m0/s1. The van der Waals surface area contributed by atoms with Gasteiger partial charge in [-0.1, -0.05) is 11.6 Å². The van der Waals surface area contributed by atoms with Crippen LogP contribution in [-0.2, 0) is 10.3 Å². The summed E-state index contributed by atoms with van der Waals surface area (Å²) in [6, 6.07) is 4.35. The number of amides is 1. The molecule has 132 valence electrons. The number of hydrogen-bond donors (Lipinski definition) is 1. The summed E-state index contributed by atoms with van der Waals surface area (Å²) in [5.41, 5.74) is 1.03. The van der Waals surface area contributed by atoms with Gasteiger partial charge in [-0.05, 0) is 32.4 Å². The van der Waals surface area contributed by atoms with Crippen LogP contribution in [0.4, 0.5) is 11.5 Å². The maximum absolute atomic E-state index is 12.1. The van der Waals surface area contributed by atoms with Gasteiger partial charge in [-0.2, -0.15) is 5.10 Å². The van der Waals surface area contributed by atoms with E-state index in [2.05, 4.69) is 10.4 Å². The number of nitrogens with zero attached hydrogens (tertiary/aromatic N) is 3. The van der Waals surface area contributed by atoms with Crippen LogP contribution in [0.1, 0.15) is 37.1 Å². The first-order chi connectivity index (χ1) is 11.7. The van der Waals surface area contributed by atoms with Gasteiger partial charge in [0.25, 0.3) is 5.69 Å². The van der Waals surface area contributed by atoms with E-state index in [0.717, 1.165) is 5.56 Å². The summed E-state index contributed by atoms with van der Waals surface area (Å²) >= 11 is 7.69. The third kappa shape index (κ3) is 3.36. The van der Waals surface area contributed by atoms with E-state index in [4.69, 9.17) is 11.6 Å². The number of anilines is 1. The number of halogens is 1. The van der Waals surface area contributed by atoms with Crippen molar-refractivity contribution in [2.24, 2.45) is 0 Å². The van der Waals surface area contributed by atoms with Crippen molar-refractivity contribution in [1.29, 1.82) is 0 Å². The summed E-state index contributed by atoms with van der Waals surface area (Å²) in [6.07, 6.45) is 1.69. The van der Waals surface area contributed by atoms with Crippen molar-refractivity contribution < 1.29 is 9.72 Å². The molecule has 1 aromatic carbocycles. The van der Waals surface area contributed by atoms with Crippen LogP contribution in [0.5, 0.6) is 0 Å². The fourth-order valence-corrected chi connectivity index (χ4v) is 4.11. The van der Waals surface area contributed by atoms with Gasteiger partial charge >= 0.3 is 0 Å². The van der Waals surface area contributed by atoms with Crippen molar-refractivity contribution in [2.75, 3.05) is 11.1 Å². The molecule has 1 aliphatic heterocycles. The Kier molecular flexibility index (Phi) is 4.51. The zero-order valence-electron chi connectivity index (χ0n) is 13.9. The molecular formula is C16H17ClN4O3S. The highest BCUT2D eigenvalue weighted by atomic mass is 35.5. The van der Waals surface area contributed by atoms with Gasteiger partial charge in [0.05, 0.1) is 27.7 Å². The van der Waals surface area contributed by atoms with Crippen molar-refractivity contribution in [3.8, 4) is 0 Å². The smallest absolute Gasteiger partial charge is 0.269 e. The monoisotopic (exact) mass is 380 g/mol. The fraction of sp³-hybridized carbons (Fsp3) is 0.375. The number of carbonyl (C=O) groups is 1. The van der Waals surface area contributed by atoms with Crippen molar-refractivity contribution in [3.63, 3.8) is 0 Å². The van der Waals surface area contributed by atoms with Crippen LogP contribution in [0, 0.1) is 10.1 Å². The summed E-state index contributed by atoms with van der Waals surface area (Å²) in [5, 5.41) is 18.5. The molecule has 1 aliphatic rings. The quantitative estimate of drug-likeness (QED) is 0.628. The van der Waals surface area contributed by atoms with E-state index in [1.165, 1.54) is 30.0 Å². The van der Waals surface area contributed by atoms with Gasteiger partial charge in [-0.3, -0.25) is 14.9 Å². The second-order valence-corrected chi connectivity index (χ2v) is 8.23. The molecule has 0 unspecified atom stereocenters. The summed E-state index contributed by atoms with van der Waals surface area (Å²) < 4.78 is 1.75. The average molecular weight is 381 g/mol. The highest BCUT2D eigenvalue weighted by Crippen LogP contribution is 2.45. The molecule has 1 atom stereocenters.